The van der Waals surface area contributed by atoms with Crippen molar-refractivity contribution in [3.8, 4) is 0 Å². The van der Waals surface area contributed by atoms with Gasteiger partial charge in [0.15, 0.2) is 0 Å². The van der Waals surface area contributed by atoms with Gasteiger partial charge in [0, 0.05) is 7.11 Å². The molecule has 174 valence electrons. The number of allylic oxidation sites excluding steroid dienone is 1. The van der Waals surface area contributed by atoms with E-state index in [1.807, 2.05) is 26.0 Å². The van der Waals surface area contributed by atoms with Crippen molar-refractivity contribution in [2.45, 2.75) is 89.8 Å². The molecule has 1 aliphatic carbocycles. The zero-order chi connectivity index (χ0) is 22.8. The predicted octanol–water partition coefficient (Wildman–Crippen LogP) is 8.00. The summed E-state index contributed by atoms with van der Waals surface area (Å²) < 4.78 is 5.89. The highest BCUT2D eigenvalue weighted by Gasteiger charge is 2.20. The number of hydrogen-bond donors (Lipinski definition) is 1. The topological polar surface area (TPSA) is 29.5 Å². The molecule has 1 fully saturated rings. The van der Waals surface area contributed by atoms with Gasteiger partial charge >= 0.3 is 0 Å². The lowest BCUT2D eigenvalue weighted by molar-refractivity contribution is 0.0760. The van der Waals surface area contributed by atoms with Crippen molar-refractivity contribution in [2.24, 2.45) is 5.92 Å². The lowest BCUT2D eigenvalue weighted by atomic mass is 9.89. The smallest absolute Gasteiger partial charge is 0.0843 e. The number of benzene rings is 2. The minimum absolute atomic E-state index is 0.0446. The van der Waals surface area contributed by atoms with Crippen LogP contribution in [0.2, 0.25) is 0 Å². The Bertz CT molecular complexity index is 836. The maximum absolute atomic E-state index is 10.5. The summed E-state index contributed by atoms with van der Waals surface area (Å²) in [7, 11) is 1.80. The van der Waals surface area contributed by atoms with Gasteiger partial charge in [0.05, 0.1) is 11.7 Å². The molecule has 0 amide bonds. The van der Waals surface area contributed by atoms with Crippen molar-refractivity contribution in [2.75, 3.05) is 7.11 Å². The molecule has 0 spiro atoms. The molecule has 0 aromatic heterocycles. The SMILES string of the molecule is CO[C@@H](CCc1ccccc1C(C)(C)O)c1cccc(/C=C/C2CCCCCCCC2)c1. The highest BCUT2D eigenvalue weighted by atomic mass is 16.5. The van der Waals surface area contributed by atoms with Gasteiger partial charge in [0.25, 0.3) is 0 Å². The second-order valence-corrected chi connectivity index (χ2v) is 9.97. The number of methoxy groups -OCH3 is 1. The summed E-state index contributed by atoms with van der Waals surface area (Å²) in [5, 5.41) is 10.5. The first-order valence-electron chi connectivity index (χ1n) is 12.6. The molecule has 0 bridgehead atoms. The Labute approximate surface area is 195 Å². The zero-order valence-electron chi connectivity index (χ0n) is 20.4. The van der Waals surface area contributed by atoms with Gasteiger partial charge in [-0.3, -0.25) is 0 Å². The Morgan fingerprint density at radius 3 is 2.34 bits per heavy atom. The molecule has 0 unspecified atom stereocenters. The number of aliphatic hydroxyl groups is 1. The van der Waals surface area contributed by atoms with Gasteiger partial charge in [-0.05, 0) is 73.8 Å². The summed E-state index contributed by atoms with van der Waals surface area (Å²) in [4.78, 5) is 0. The van der Waals surface area contributed by atoms with Crippen molar-refractivity contribution < 1.29 is 9.84 Å². The zero-order valence-corrected chi connectivity index (χ0v) is 20.4. The Morgan fingerprint density at radius 1 is 0.969 bits per heavy atom. The fraction of sp³-hybridized carbons (Fsp3) is 0.533. The van der Waals surface area contributed by atoms with Crippen LogP contribution in [0.4, 0.5) is 0 Å². The van der Waals surface area contributed by atoms with E-state index < -0.39 is 5.60 Å². The van der Waals surface area contributed by atoms with Gasteiger partial charge in [0.1, 0.15) is 0 Å². The molecule has 0 radical (unpaired) electrons. The summed E-state index contributed by atoms with van der Waals surface area (Å²) in [5.41, 5.74) is 3.85. The molecular weight excluding hydrogens is 392 g/mol. The second kappa shape index (κ2) is 12.4. The van der Waals surface area contributed by atoms with Crippen LogP contribution in [0, 0.1) is 5.92 Å². The summed E-state index contributed by atoms with van der Waals surface area (Å²) in [6.45, 7) is 3.71. The maximum atomic E-state index is 10.5. The van der Waals surface area contributed by atoms with E-state index in [-0.39, 0.29) is 6.10 Å². The van der Waals surface area contributed by atoms with Crippen molar-refractivity contribution in [3.63, 3.8) is 0 Å². The molecule has 0 aliphatic heterocycles. The highest BCUT2D eigenvalue weighted by molar-refractivity contribution is 5.51. The number of rotatable bonds is 8. The molecule has 3 rings (SSSR count). The monoisotopic (exact) mass is 434 g/mol. The van der Waals surface area contributed by atoms with Crippen LogP contribution in [0.15, 0.2) is 54.6 Å². The van der Waals surface area contributed by atoms with Crippen LogP contribution < -0.4 is 0 Å². The molecule has 2 heteroatoms. The van der Waals surface area contributed by atoms with Crippen molar-refractivity contribution in [1.29, 1.82) is 0 Å². The molecule has 0 saturated heterocycles. The van der Waals surface area contributed by atoms with E-state index in [1.54, 1.807) is 7.11 Å². The van der Waals surface area contributed by atoms with Gasteiger partial charge in [-0.1, -0.05) is 93.1 Å². The van der Waals surface area contributed by atoms with Gasteiger partial charge in [0.2, 0.25) is 0 Å². The highest BCUT2D eigenvalue weighted by Crippen LogP contribution is 2.29. The Morgan fingerprint density at radius 2 is 1.66 bits per heavy atom. The van der Waals surface area contributed by atoms with E-state index >= 15 is 0 Å². The molecule has 0 heterocycles. The summed E-state index contributed by atoms with van der Waals surface area (Å²) >= 11 is 0. The predicted molar refractivity (Wildman–Crippen MR) is 136 cm³/mol. The third-order valence-corrected chi connectivity index (χ3v) is 6.88. The molecule has 1 N–H and O–H groups in total. The van der Waals surface area contributed by atoms with Crippen molar-refractivity contribution in [1.82, 2.24) is 0 Å². The van der Waals surface area contributed by atoms with Crippen LogP contribution >= 0.6 is 0 Å². The van der Waals surface area contributed by atoms with Crippen LogP contribution in [-0.4, -0.2) is 12.2 Å². The molecular formula is C30H42O2. The van der Waals surface area contributed by atoms with Gasteiger partial charge in [-0.25, -0.2) is 0 Å². The molecule has 2 aromatic rings. The average Bonchev–Trinajstić information content (AvgIpc) is 2.92. The first kappa shape index (κ1) is 24.7. The molecule has 2 aromatic carbocycles. The summed E-state index contributed by atoms with van der Waals surface area (Å²) in [6.07, 6.45) is 17.6. The fourth-order valence-corrected chi connectivity index (χ4v) is 5.01. The van der Waals surface area contributed by atoms with Gasteiger partial charge in [-0.2, -0.15) is 0 Å². The van der Waals surface area contributed by atoms with E-state index in [0.717, 1.165) is 18.4 Å². The average molecular weight is 435 g/mol. The lowest BCUT2D eigenvalue weighted by Gasteiger charge is -2.23. The van der Waals surface area contributed by atoms with Crippen LogP contribution in [-0.2, 0) is 16.8 Å². The minimum atomic E-state index is -0.833. The van der Waals surface area contributed by atoms with Crippen molar-refractivity contribution >= 4 is 6.08 Å². The normalized spacial score (nSPS) is 17.6. The first-order chi connectivity index (χ1) is 15.5. The molecule has 32 heavy (non-hydrogen) atoms. The Kier molecular flexibility index (Phi) is 9.56. The molecule has 1 atom stereocenters. The Hall–Kier alpha value is -1.90. The molecule has 2 nitrogen and oxygen atoms in total. The van der Waals surface area contributed by atoms with E-state index in [1.165, 1.54) is 68.1 Å². The van der Waals surface area contributed by atoms with Crippen LogP contribution in [0.3, 0.4) is 0 Å². The lowest BCUT2D eigenvalue weighted by Crippen LogP contribution is -2.18. The standard InChI is InChI=1S/C30H42O2/c1-30(2,31)28-18-11-10-16-26(28)21-22-29(32-3)27-17-12-15-25(23-27)20-19-24-13-8-6-4-5-7-9-14-24/h10-12,15-20,23-24,29,31H,4-9,13-14,21-22H2,1-3H3/b20-19+/t29-/m0/s1. The maximum Gasteiger partial charge on any atom is 0.0843 e. The third-order valence-electron chi connectivity index (χ3n) is 6.88. The van der Waals surface area contributed by atoms with E-state index in [4.69, 9.17) is 4.74 Å². The van der Waals surface area contributed by atoms with Crippen LogP contribution in [0.5, 0.6) is 0 Å². The summed E-state index contributed by atoms with van der Waals surface area (Å²) in [5.74, 6) is 0.716. The van der Waals surface area contributed by atoms with Gasteiger partial charge < -0.3 is 9.84 Å². The first-order valence-corrected chi connectivity index (χ1v) is 12.6. The third kappa shape index (κ3) is 7.60. The quantitative estimate of drug-likeness (QED) is 0.456. The Balaban J connectivity index is 1.66. The second-order valence-electron chi connectivity index (χ2n) is 9.97. The molecule has 1 saturated carbocycles. The number of hydrogen-bond acceptors (Lipinski definition) is 2. The minimum Gasteiger partial charge on any atom is -0.386 e. The van der Waals surface area contributed by atoms with Crippen LogP contribution in [0.25, 0.3) is 6.08 Å². The van der Waals surface area contributed by atoms with E-state index in [2.05, 4.69) is 48.6 Å². The van der Waals surface area contributed by atoms with E-state index in [9.17, 15) is 5.11 Å². The van der Waals surface area contributed by atoms with Crippen molar-refractivity contribution in [3.05, 3.63) is 76.9 Å². The summed E-state index contributed by atoms with van der Waals surface area (Å²) in [6, 6.07) is 17.0. The van der Waals surface area contributed by atoms with E-state index in [0.29, 0.717) is 5.92 Å². The fourth-order valence-electron chi connectivity index (χ4n) is 5.01. The number of ether oxygens (including phenoxy) is 1. The molecule has 1 aliphatic rings. The largest absolute Gasteiger partial charge is 0.386 e. The number of aryl methyl sites for hydroxylation is 1. The van der Waals surface area contributed by atoms with Gasteiger partial charge in [-0.15, -0.1) is 0 Å². The van der Waals surface area contributed by atoms with Crippen LogP contribution in [0.1, 0.15) is 100.0 Å².